The third-order valence-corrected chi connectivity index (χ3v) is 2.58. The summed E-state index contributed by atoms with van der Waals surface area (Å²) in [6.45, 7) is 2.76. The Labute approximate surface area is 102 Å². The van der Waals surface area contributed by atoms with E-state index in [1.54, 1.807) is 0 Å². The van der Waals surface area contributed by atoms with Gasteiger partial charge >= 0.3 is 6.09 Å². The van der Waals surface area contributed by atoms with Crippen LogP contribution in [0, 0.1) is 5.92 Å². The minimum absolute atomic E-state index is 0.0788. The van der Waals surface area contributed by atoms with Gasteiger partial charge in [-0.1, -0.05) is 37.3 Å². The molecular weight excluding hydrogens is 218 g/mol. The fraction of sp³-hybridized carbons (Fsp3) is 0.462. The molecule has 4 nitrogen and oxygen atoms in total. The Morgan fingerprint density at radius 3 is 2.71 bits per heavy atom. The van der Waals surface area contributed by atoms with Crippen LogP contribution in [0.1, 0.15) is 18.9 Å². The standard InChI is InChI=1S/C13H19NO3/c1-2-11(9-15)8-14-13(16)17-10-12-6-4-3-5-7-12/h3-7,11,15H,2,8-10H2,1H3,(H,14,16)/t11-/m0/s1. The molecule has 1 amide bonds. The van der Waals surface area contributed by atoms with E-state index in [-0.39, 0.29) is 19.1 Å². The van der Waals surface area contributed by atoms with Gasteiger partial charge in [0.2, 0.25) is 0 Å². The highest BCUT2D eigenvalue weighted by Gasteiger charge is 2.07. The highest BCUT2D eigenvalue weighted by molar-refractivity contribution is 5.67. The van der Waals surface area contributed by atoms with Crippen molar-refractivity contribution in [2.75, 3.05) is 13.2 Å². The van der Waals surface area contributed by atoms with Crippen molar-refractivity contribution < 1.29 is 14.6 Å². The molecule has 0 aliphatic rings. The first kappa shape index (κ1) is 13.5. The molecular formula is C13H19NO3. The van der Waals surface area contributed by atoms with Crippen molar-refractivity contribution in [1.82, 2.24) is 5.32 Å². The van der Waals surface area contributed by atoms with Gasteiger partial charge < -0.3 is 15.2 Å². The molecule has 1 aromatic carbocycles. The Bertz CT molecular complexity index is 323. The van der Waals surface area contributed by atoms with E-state index in [0.29, 0.717) is 6.54 Å². The van der Waals surface area contributed by atoms with Crippen molar-refractivity contribution >= 4 is 6.09 Å². The van der Waals surface area contributed by atoms with Crippen LogP contribution in [-0.2, 0) is 11.3 Å². The van der Waals surface area contributed by atoms with Crippen LogP contribution in [0.2, 0.25) is 0 Å². The Morgan fingerprint density at radius 2 is 2.12 bits per heavy atom. The summed E-state index contributed by atoms with van der Waals surface area (Å²) in [6, 6.07) is 9.51. The highest BCUT2D eigenvalue weighted by atomic mass is 16.5. The van der Waals surface area contributed by atoms with Gasteiger partial charge in [0.05, 0.1) is 0 Å². The van der Waals surface area contributed by atoms with Crippen molar-refractivity contribution in [3.8, 4) is 0 Å². The van der Waals surface area contributed by atoms with E-state index < -0.39 is 6.09 Å². The number of carbonyl (C=O) groups is 1. The van der Waals surface area contributed by atoms with Gasteiger partial charge in [-0.2, -0.15) is 0 Å². The Balaban J connectivity index is 2.22. The summed E-state index contributed by atoms with van der Waals surface area (Å²) in [4.78, 5) is 11.3. The second kappa shape index (κ2) is 7.68. The molecule has 94 valence electrons. The van der Waals surface area contributed by atoms with Crippen LogP contribution in [0.5, 0.6) is 0 Å². The molecule has 0 saturated heterocycles. The number of carbonyl (C=O) groups excluding carboxylic acids is 1. The Morgan fingerprint density at radius 1 is 1.41 bits per heavy atom. The maximum atomic E-state index is 11.3. The lowest BCUT2D eigenvalue weighted by molar-refractivity contribution is 0.135. The Kier molecular flexibility index (Phi) is 6.10. The van der Waals surface area contributed by atoms with E-state index in [1.807, 2.05) is 37.3 Å². The van der Waals surface area contributed by atoms with Crippen LogP contribution in [0.3, 0.4) is 0 Å². The van der Waals surface area contributed by atoms with Crippen molar-refractivity contribution in [3.63, 3.8) is 0 Å². The van der Waals surface area contributed by atoms with Crippen molar-refractivity contribution in [1.29, 1.82) is 0 Å². The number of ether oxygens (including phenoxy) is 1. The third kappa shape index (κ3) is 5.36. The number of amides is 1. The van der Waals surface area contributed by atoms with Crippen LogP contribution >= 0.6 is 0 Å². The molecule has 0 fully saturated rings. The minimum atomic E-state index is -0.444. The number of hydrogen-bond donors (Lipinski definition) is 2. The summed E-state index contributed by atoms with van der Waals surface area (Å²) >= 11 is 0. The molecule has 0 aliphatic heterocycles. The number of aliphatic hydroxyl groups excluding tert-OH is 1. The first-order chi connectivity index (χ1) is 8.26. The largest absolute Gasteiger partial charge is 0.445 e. The van der Waals surface area contributed by atoms with Gasteiger partial charge in [-0.05, 0) is 17.9 Å². The number of alkyl carbamates (subject to hydrolysis) is 1. The average molecular weight is 237 g/mol. The Hall–Kier alpha value is -1.55. The van der Waals surface area contributed by atoms with Crippen LogP contribution in [0.25, 0.3) is 0 Å². The lowest BCUT2D eigenvalue weighted by Gasteiger charge is -2.12. The molecule has 1 atom stereocenters. The lowest BCUT2D eigenvalue weighted by Crippen LogP contribution is -2.30. The number of benzene rings is 1. The predicted octanol–water partition coefficient (Wildman–Crippen LogP) is 1.93. The highest BCUT2D eigenvalue weighted by Crippen LogP contribution is 2.01. The zero-order valence-corrected chi connectivity index (χ0v) is 10.1. The summed E-state index contributed by atoms with van der Waals surface area (Å²) in [5.41, 5.74) is 0.955. The normalized spacial score (nSPS) is 11.9. The predicted molar refractivity (Wildman–Crippen MR) is 65.5 cm³/mol. The number of nitrogens with one attached hydrogen (secondary N) is 1. The van der Waals surface area contributed by atoms with Gasteiger partial charge in [0, 0.05) is 13.2 Å². The van der Waals surface area contributed by atoms with Gasteiger partial charge in [-0.3, -0.25) is 0 Å². The SMILES string of the molecule is CC[C@H](CO)CNC(=O)OCc1ccccc1. The fourth-order valence-electron chi connectivity index (χ4n) is 1.34. The fourth-order valence-corrected chi connectivity index (χ4v) is 1.34. The van der Waals surface area contributed by atoms with Gasteiger partial charge in [0.15, 0.2) is 0 Å². The summed E-state index contributed by atoms with van der Waals surface area (Å²) < 4.78 is 5.04. The van der Waals surface area contributed by atoms with Gasteiger partial charge in [-0.25, -0.2) is 4.79 Å². The molecule has 0 saturated carbocycles. The molecule has 0 aromatic heterocycles. The molecule has 17 heavy (non-hydrogen) atoms. The molecule has 0 bridgehead atoms. The van der Waals surface area contributed by atoms with Gasteiger partial charge in [0.25, 0.3) is 0 Å². The molecule has 0 heterocycles. The van der Waals surface area contributed by atoms with E-state index in [1.165, 1.54) is 0 Å². The monoisotopic (exact) mass is 237 g/mol. The maximum absolute atomic E-state index is 11.3. The van der Waals surface area contributed by atoms with E-state index in [0.717, 1.165) is 12.0 Å². The van der Waals surface area contributed by atoms with E-state index in [2.05, 4.69) is 5.32 Å². The van der Waals surface area contributed by atoms with E-state index in [4.69, 9.17) is 9.84 Å². The molecule has 0 aliphatic carbocycles. The summed E-state index contributed by atoms with van der Waals surface area (Å²) in [7, 11) is 0. The summed E-state index contributed by atoms with van der Waals surface area (Å²) in [5, 5.41) is 11.6. The first-order valence-corrected chi connectivity index (χ1v) is 5.81. The van der Waals surface area contributed by atoms with Crippen LogP contribution in [0.4, 0.5) is 4.79 Å². The van der Waals surface area contributed by atoms with Crippen molar-refractivity contribution in [2.45, 2.75) is 20.0 Å². The minimum Gasteiger partial charge on any atom is -0.445 e. The summed E-state index contributed by atoms with van der Waals surface area (Å²) in [6.07, 6.45) is 0.385. The van der Waals surface area contributed by atoms with Crippen LogP contribution < -0.4 is 5.32 Å². The third-order valence-electron chi connectivity index (χ3n) is 2.58. The van der Waals surface area contributed by atoms with Crippen LogP contribution in [-0.4, -0.2) is 24.4 Å². The lowest BCUT2D eigenvalue weighted by atomic mass is 10.1. The molecule has 0 unspecified atom stereocenters. The molecule has 1 rings (SSSR count). The topological polar surface area (TPSA) is 58.6 Å². The van der Waals surface area contributed by atoms with Crippen molar-refractivity contribution in [2.24, 2.45) is 5.92 Å². The second-order valence-corrected chi connectivity index (χ2v) is 3.90. The number of aliphatic hydroxyl groups is 1. The molecule has 2 N–H and O–H groups in total. The maximum Gasteiger partial charge on any atom is 0.407 e. The van der Waals surface area contributed by atoms with E-state index in [9.17, 15) is 4.79 Å². The molecule has 4 heteroatoms. The average Bonchev–Trinajstić information content (AvgIpc) is 2.39. The number of rotatable bonds is 6. The molecule has 0 radical (unpaired) electrons. The smallest absolute Gasteiger partial charge is 0.407 e. The quantitative estimate of drug-likeness (QED) is 0.794. The van der Waals surface area contributed by atoms with Crippen molar-refractivity contribution in [3.05, 3.63) is 35.9 Å². The zero-order valence-electron chi connectivity index (χ0n) is 10.1. The second-order valence-electron chi connectivity index (χ2n) is 3.90. The zero-order chi connectivity index (χ0) is 12.5. The molecule has 1 aromatic rings. The molecule has 0 spiro atoms. The van der Waals surface area contributed by atoms with Crippen LogP contribution in [0.15, 0.2) is 30.3 Å². The van der Waals surface area contributed by atoms with Gasteiger partial charge in [-0.15, -0.1) is 0 Å². The summed E-state index contributed by atoms with van der Waals surface area (Å²) in [5.74, 6) is 0.0966. The first-order valence-electron chi connectivity index (χ1n) is 5.81. The van der Waals surface area contributed by atoms with E-state index >= 15 is 0 Å². The number of hydrogen-bond acceptors (Lipinski definition) is 3. The van der Waals surface area contributed by atoms with Gasteiger partial charge in [0.1, 0.15) is 6.61 Å².